The van der Waals surface area contributed by atoms with Crippen molar-refractivity contribution in [1.82, 2.24) is 15.3 Å². The van der Waals surface area contributed by atoms with E-state index in [0.717, 1.165) is 34.6 Å². The van der Waals surface area contributed by atoms with E-state index < -0.39 is 0 Å². The quantitative estimate of drug-likeness (QED) is 0.806. The zero-order chi connectivity index (χ0) is 12.8. The van der Waals surface area contributed by atoms with Gasteiger partial charge < -0.3 is 15.0 Å². The van der Waals surface area contributed by atoms with E-state index in [0.29, 0.717) is 6.61 Å². The molecule has 0 amide bonds. The number of hydrogen-bond acceptors (Lipinski definition) is 3. The highest BCUT2D eigenvalue weighted by Crippen LogP contribution is 2.19. The van der Waals surface area contributed by atoms with Crippen LogP contribution in [-0.2, 0) is 11.3 Å². The summed E-state index contributed by atoms with van der Waals surface area (Å²) in [6.45, 7) is 2.25. The van der Waals surface area contributed by atoms with E-state index in [9.17, 15) is 0 Å². The Morgan fingerprint density at radius 3 is 2.83 bits per heavy atom. The maximum Gasteiger partial charge on any atom is 0.120 e. The number of aromatic nitrogens is 2. The summed E-state index contributed by atoms with van der Waals surface area (Å²) in [6, 6.07) is 8.15. The minimum absolute atomic E-state index is 0.709. The molecule has 0 bridgehead atoms. The molecule has 1 aromatic carbocycles. The van der Waals surface area contributed by atoms with E-state index in [1.54, 1.807) is 7.11 Å². The Balaban J connectivity index is 1.95. The number of nitrogens with one attached hydrogen (secondary N) is 2. The van der Waals surface area contributed by atoms with Crippen LogP contribution in [-0.4, -0.2) is 30.2 Å². The van der Waals surface area contributed by atoms with Gasteiger partial charge in [-0.2, -0.15) is 0 Å². The smallest absolute Gasteiger partial charge is 0.120 e. The van der Waals surface area contributed by atoms with E-state index in [1.165, 1.54) is 0 Å². The Hall–Kier alpha value is -1.17. The molecule has 0 saturated carbocycles. The van der Waals surface area contributed by atoms with Crippen LogP contribution in [0.15, 0.2) is 34.9 Å². The molecule has 5 heteroatoms. The molecule has 1 heterocycles. The number of halogens is 1. The fraction of sp³-hybridized carbons (Fsp3) is 0.308. The van der Waals surface area contributed by atoms with E-state index in [-0.39, 0.29) is 0 Å². The van der Waals surface area contributed by atoms with Gasteiger partial charge in [0.25, 0.3) is 0 Å². The van der Waals surface area contributed by atoms with Crippen LogP contribution in [0.3, 0.4) is 0 Å². The fourth-order valence-corrected chi connectivity index (χ4v) is 1.87. The Labute approximate surface area is 115 Å². The lowest BCUT2D eigenvalue weighted by Gasteiger charge is -2.01. The maximum absolute atomic E-state index is 4.97. The SMILES string of the molecule is COCCNCc1ncc(-c2ccc(Br)cc2)[nH]1. The van der Waals surface area contributed by atoms with Crippen LogP contribution >= 0.6 is 15.9 Å². The monoisotopic (exact) mass is 309 g/mol. The predicted octanol–water partition coefficient (Wildman–Crippen LogP) is 2.58. The van der Waals surface area contributed by atoms with E-state index in [1.807, 2.05) is 18.3 Å². The van der Waals surface area contributed by atoms with Crippen LogP contribution in [0.2, 0.25) is 0 Å². The summed E-state index contributed by atoms with van der Waals surface area (Å²) in [6.07, 6.45) is 1.86. The zero-order valence-corrected chi connectivity index (χ0v) is 11.8. The molecule has 0 fully saturated rings. The number of rotatable bonds is 6. The topological polar surface area (TPSA) is 49.9 Å². The molecule has 0 atom stereocenters. The van der Waals surface area contributed by atoms with Gasteiger partial charge >= 0.3 is 0 Å². The van der Waals surface area contributed by atoms with Crippen molar-refractivity contribution in [3.8, 4) is 11.3 Å². The second kappa shape index (κ2) is 6.68. The highest BCUT2D eigenvalue weighted by Gasteiger charge is 2.02. The van der Waals surface area contributed by atoms with Crippen molar-refractivity contribution < 1.29 is 4.74 Å². The van der Waals surface area contributed by atoms with Crippen molar-refractivity contribution in [2.24, 2.45) is 0 Å². The molecule has 0 aliphatic heterocycles. The molecule has 2 N–H and O–H groups in total. The van der Waals surface area contributed by atoms with Gasteiger partial charge in [-0.1, -0.05) is 28.1 Å². The van der Waals surface area contributed by atoms with Crippen LogP contribution in [0.5, 0.6) is 0 Å². The molecule has 2 rings (SSSR count). The highest BCUT2D eigenvalue weighted by molar-refractivity contribution is 9.10. The van der Waals surface area contributed by atoms with Gasteiger partial charge in [0.1, 0.15) is 5.82 Å². The largest absolute Gasteiger partial charge is 0.383 e. The van der Waals surface area contributed by atoms with Crippen LogP contribution in [0.25, 0.3) is 11.3 Å². The number of nitrogens with zero attached hydrogens (tertiary/aromatic N) is 1. The van der Waals surface area contributed by atoms with Gasteiger partial charge in [-0.05, 0) is 17.7 Å². The molecule has 2 aromatic rings. The number of ether oxygens (including phenoxy) is 1. The molecule has 0 unspecified atom stereocenters. The van der Waals surface area contributed by atoms with Gasteiger partial charge in [0.05, 0.1) is 25.0 Å². The molecule has 18 heavy (non-hydrogen) atoms. The summed E-state index contributed by atoms with van der Waals surface area (Å²) in [5, 5.41) is 3.25. The number of imidazole rings is 1. The van der Waals surface area contributed by atoms with E-state index in [4.69, 9.17) is 4.74 Å². The Morgan fingerprint density at radius 2 is 2.11 bits per heavy atom. The number of benzene rings is 1. The molecule has 96 valence electrons. The summed E-state index contributed by atoms with van der Waals surface area (Å²) in [5.41, 5.74) is 2.17. The molecular weight excluding hydrogens is 294 g/mol. The molecule has 1 aromatic heterocycles. The standard InChI is InChI=1S/C13H16BrN3O/c1-18-7-6-15-9-13-16-8-12(17-13)10-2-4-11(14)5-3-10/h2-5,8,15H,6-7,9H2,1H3,(H,16,17). The molecule has 0 aliphatic carbocycles. The summed E-state index contributed by atoms with van der Waals surface area (Å²) in [7, 11) is 1.69. The van der Waals surface area contributed by atoms with Crippen LogP contribution in [0.4, 0.5) is 0 Å². The van der Waals surface area contributed by atoms with Gasteiger partial charge in [0.15, 0.2) is 0 Å². The molecule has 0 spiro atoms. The average molecular weight is 310 g/mol. The third-order valence-corrected chi connectivity index (χ3v) is 3.09. The van der Waals surface area contributed by atoms with Crippen molar-refractivity contribution in [2.45, 2.75) is 6.54 Å². The Bertz CT molecular complexity index is 481. The maximum atomic E-state index is 4.97. The average Bonchev–Trinajstić information content (AvgIpc) is 2.84. The number of aromatic amines is 1. The number of hydrogen-bond donors (Lipinski definition) is 2. The fourth-order valence-electron chi connectivity index (χ4n) is 1.61. The zero-order valence-electron chi connectivity index (χ0n) is 10.2. The third kappa shape index (κ3) is 3.66. The molecule has 0 radical (unpaired) electrons. The van der Waals surface area contributed by atoms with Crippen LogP contribution in [0, 0.1) is 0 Å². The minimum atomic E-state index is 0.709. The lowest BCUT2D eigenvalue weighted by molar-refractivity contribution is 0.199. The Morgan fingerprint density at radius 1 is 1.33 bits per heavy atom. The molecular formula is C13H16BrN3O. The van der Waals surface area contributed by atoms with Crippen LogP contribution in [0.1, 0.15) is 5.82 Å². The predicted molar refractivity (Wildman–Crippen MR) is 75.3 cm³/mol. The minimum Gasteiger partial charge on any atom is -0.383 e. The van der Waals surface area contributed by atoms with Gasteiger partial charge in [-0.25, -0.2) is 4.98 Å². The second-order valence-electron chi connectivity index (χ2n) is 3.92. The van der Waals surface area contributed by atoms with Gasteiger partial charge in [-0.15, -0.1) is 0 Å². The second-order valence-corrected chi connectivity index (χ2v) is 4.84. The van der Waals surface area contributed by atoms with Crippen molar-refractivity contribution in [2.75, 3.05) is 20.3 Å². The van der Waals surface area contributed by atoms with Crippen molar-refractivity contribution >= 4 is 15.9 Å². The van der Waals surface area contributed by atoms with Crippen LogP contribution < -0.4 is 5.32 Å². The first-order valence-corrected chi connectivity index (χ1v) is 6.58. The van der Waals surface area contributed by atoms with Gasteiger partial charge in [0.2, 0.25) is 0 Å². The lowest BCUT2D eigenvalue weighted by atomic mass is 10.2. The summed E-state index contributed by atoms with van der Waals surface area (Å²) >= 11 is 3.42. The number of methoxy groups -OCH3 is 1. The lowest BCUT2D eigenvalue weighted by Crippen LogP contribution is -2.19. The molecule has 0 aliphatic rings. The van der Waals surface area contributed by atoms with Crippen molar-refractivity contribution in [3.63, 3.8) is 0 Å². The molecule has 0 saturated heterocycles. The summed E-state index contributed by atoms with van der Waals surface area (Å²) in [5.74, 6) is 0.934. The normalized spacial score (nSPS) is 10.8. The van der Waals surface area contributed by atoms with Gasteiger partial charge in [-0.3, -0.25) is 0 Å². The summed E-state index contributed by atoms with van der Waals surface area (Å²) in [4.78, 5) is 7.64. The molecule has 4 nitrogen and oxygen atoms in total. The van der Waals surface area contributed by atoms with Crippen molar-refractivity contribution in [3.05, 3.63) is 40.8 Å². The van der Waals surface area contributed by atoms with Gasteiger partial charge in [0, 0.05) is 18.1 Å². The number of H-pyrrole nitrogens is 1. The van der Waals surface area contributed by atoms with Crippen molar-refractivity contribution in [1.29, 1.82) is 0 Å². The first-order valence-electron chi connectivity index (χ1n) is 5.79. The first-order chi connectivity index (χ1) is 8.79. The summed E-state index contributed by atoms with van der Waals surface area (Å²) < 4.78 is 6.04. The van der Waals surface area contributed by atoms with E-state index >= 15 is 0 Å². The van der Waals surface area contributed by atoms with E-state index in [2.05, 4.69) is 43.3 Å². The third-order valence-electron chi connectivity index (χ3n) is 2.56. The first kappa shape index (κ1) is 13.3. The highest BCUT2D eigenvalue weighted by atomic mass is 79.9. The Kier molecular flexibility index (Phi) is 4.92.